The predicted octanol–water partition coefficient (Wildman–Crippen LogP) is 3.90. The van der Waals surface area contributed by atoms with Gasteiger partial charge < -0.3 is 5.32 Å². The molecular formula is C13H11FN2S. The first kappa shape index (κ1) is 10.5. The molecule has 0 atom stereocenters. The summed E-state index contributed by atoms with van der Waals surface area (Å²) >= 11 is 1.67. The lowest BCUT2D eigenvalue weighted by atomic mass is 10.0. The zero-order valence-corrected chi connectivity index (χ0v) is 10.1. The fourth-order valence-electron chi connectivity index (χ4n) is 1.92. The molecule has 2 aromatic rings. The van der Waals surface area contributed by atoms with E-state index in [2.05, 4.69) is 15.7 Å². The minimum atomic E-state index is -0.204. The molecule has 0 radical (unpaired) electrons. The van der Waals surface area contributed by atoms with Gasteiger partial charge in [0.25, 0.3) is 0 Å². The number of rotatable bonds is 1. The van der Waals surface area contributed by atoms with E-state index in [1.165, 1.54) is 17.7 Å². The number of benzene rings is 1. The van der Waals surface area contributed by atoms with Crippen LogP contribution in [0.3, 0.4) is 0 Å². The minimum Gasteiger partial charge on any atom is -0.336 e. The normalized spacial score (nSPS) is 13.9. The van der Waals surface area contributed by atoms with E-state index in [-0.39, 0.29) is 5.82 Å². The average molecular weight is 246 g/mol. The van der Waals surface area contributed by atoms with Crippen molar-refractivity contribution in [2.24, 2.45) is 4.99 Å². The van der Waals surface area contributed by atoms with Gasteiger partial charge in [-0.1, -0.05) is 12.1 Å². The van der Waals surface area contributed by atoms with Gasteiger partial charge in [0.05, 0.1) is 17.4 Å². The molecule has 0 bridgehead atoms. The van der Waals surface area contributed by atoms with E-state index in [1.807, 2.05) is 19.1 Å². The van der Waals surface area contributed by atoms with Crippen molar-refractivity contribution >= 4 is 22.2 Å². The first-order valence-electron chi connectivity index (χ1n) is 5.38. The summed E-state index contributed by atoms with van der Waals surface area (Å²) in [7, 11) is 0. The molecule has 0 aliphatic carbocycles. The summed E-state index contributed by atoms with van der Waals surface area (Å²) in [4.78, 5) is 4.39. The van der Waals surface area contributed by atoms with Gasteiger partial charge in [-0.05, 0) is 30.2 Å². The fourth-order valence-corrected chi connectivity index (χ4v) is 2.95. The van der Waals surface area contributed by atoms with E-state index in [9.17, 15) is 4.39 Å². The fraction of sp³-hybridized carbons (Fsp3) is 0.154. The van der Waals surface area contributed by atoms with Gasteiger partial charge in [-0.25, -0.2) is 4.39 Å². The van der Waals surface area contributed by atoms with Crippen LogP contribution >= 0.6 is 11.3 Å². The van der Waals surface area contributed by atoms with E-state index < -0.39 is 0 Å². The van der Waals surface area contributed by atoms with E-state index >= 15 is 0 Å². The van der Waals surface area contributed by atoms with Gasteiger partial charge in [-0.3, -0.25) is 4.99 Å². The van der Waals surface area contributed by atoms with Crippen molar-refractivity contribution in [1.82, 2.24) is 0 Å². The summed E-state index contributed by atoms with van der Waals surface area (Å²) in [5, 5.41) is 6.50. The maximum atomic E-state index is 12.9. The summed E-state index contributed by atoms with van der Waals surface area (Å²) < 4.78 is 12.9. The molecule has 1 aromatic heterocycles. The SMILES string of the molecule is CC1=NCc2c(-c3ccc(F)cc3)csc2N1. The van der Waals surface area contributed by atoms with Crippen molar-refractivity contribution in [2.75, 3.05) is 5.32 Å². The molecule has 86 valence electrons. The molecule has 4 heteroatoms. The number of halogens is 1. The molecule has 1 aliphatic heterocycles. The van der Waals surface area contributed by atoms with Gasteiger partial charge in [-0.2, -0.15) is 0 Å². The third-order valence-electron chi connectivity index (χ3n) is 2.82. The van der Waals surface area contributed by atoms with Crippen LogP contribution in [0.5, 0.6) is 0 Å². The Hall–Kier alpha value is -1.68. The Morgan fingerprint density at radius 3 is 2.82 bits per heavy atom. The van der Waals surface area contributed by atoms with Crippen molar-refractivity contribution in [1.29, 1.82) is 0 Å². The Labute approximate surface area is 103 Å². The zero-order chi connectivity index (χ0) is 11.8. The number of fused-ring (bicyclic) bond motifs is 1. The van der Waals surface area contributed by atoms with Gasteiger partial charge in [0.2, 0.25) is 0 Å². The highest BCUT2D eigenvalue weighted by atomic mass is 32.1. The van der Waals surface area contributed by atoms with Crippen molar-refractivity contribution in [3.8, 4) is 11.1 Å². The average Bonchev–Trinajstić information content (AvgIpc) is 2.73. The molecule has 3 rings (SSSR count). The van der Waals surface area contributed by atoms with Crippen LogP contribution in [0, 0.1) is 5.82 Å². The van der Waals surface area contributed by atoms with Crippen LogP contribution in [0.1, 0.15) is 12.5 Å². The van der Waals surface area contributed by atoms with E-state index in [1.54, 1.807) is 11.3 Å². The molecule has 1 aromatic carbocycles. The van der Waals surface area contributed by atoms with Gasteiger partial charge in [-0.15, -0.1) is 11.3 Å². The van der Waals surface area contributed by atoms with Gasteiger partial charge in [0.15, 0.2) is 0 Å². The maximum Gasteiger partial charge on any atom is 0.123 e. The zero-order valence-electron chi connectivity index (χ0n) is 9.33. The smallest absolute Gasteiger partial charge is 0.123 e. The summed E-state index contributed by atoms with van der Waals surface area (Å²) in [6, 6.07) is 6.60. The lowest BCUT2D eigenvalue weighted by Gasteiger charge is -2.13. The molecule has 0 fully saturated rings. The lowest BCUT2D eigenvalue weighted by Crippen LogP contribution is -2.12. The molecule has 1 aliphatic rings. The third kappa shape index (κ3) is 1.85. The highest BCUT2D eigenvalue weighted by Gasteiger charge is 2.16. The molecular weight excluding hydrogens is 235 g/mol. The van der Waals surface area contributed by atoms with Crippen LogP contribution in [-0.2, 0) is 6.54 Å². The van der Waals surface area contributed by atoms with Crippen LogP contribution in [0.25, 0.3) is 11.1 Å². The first-order valence-corrected chi connectivity index (χ1v) is 6.26. The summed E-state index contributed by atoms with van der Waals surface area (Å²) in [6.07, 6.45) is 0. The van der Waals surface area contributed by atoms with Crippen molar-refractivity contribution in [2.45, 2.75) is 13.5 Å². The molecule has 0 amide bonds. The van der Waals surface area contributed by atoms with E-state index in [4.69, 9.17) is 0 Å². The Balaban J connectivity index is 2.04. The molecule has 0 saturated heterocycles. The number of nitrogens with one attached hydrogen (secondary N) is 1. The standard InChI is InChI=1S/C13H11FN2S/c1-8-15-6-11-12(7-17-13(11)16-8)9-2-4-10(14)5-3-9/h2-5,7H,6H2,1H3,(H,15,16). The second-order valence-electron chi connectivity index (χ2n) is 3.99. The molecule has 17 heavy (non-hydrogen) atoms. The highest BCUT2D eigenvalue weighted by Crippen LogP contribution is 2.37. The van der Waals surface area contributed by atoms with E-state index in [0.29, 0.717) is 6.54 Å². The predicted molar refractivity (Wildman–Crippen MR) is 70.1 cm³/mol. The van der Waals surface area contributed by atoms with Crippen molar-refractivity contribution in [3.05, 3.63) is 41.0 Å². The number of hydrogen-bond acceptors (Lipinski definition) is 3. The van der Waals surface area contributed by atoms with Crippen LogP contribution < -0.4 is 5.32 Å². The molecule has 2 heterocycles. The largest absolute Gasteiger partial charge is 0.336 e. The molecule has 0 saturated carbocycles. The van der Waals surface area contributed by atoms with Crippen LogP contribution in [0.4, 0.5) is 9.39 Å². The minimum absolute atomic E-state index is 0.204. The number of amidine groups is 1. The Kier molecular flexibility index (Phi) is 2.44. The van der Waals surface area contributed by atoms with Gasteiger partial charge in [0.1, 0.15) is 5.82 Å². The second-order valence-corrected chi connectivity index (χ2v) is 4.87. The van der Waals surface area contributed by atoms with E-state index in [0.717, 1.165) is 22.0 Å². The summed E-state index contributed by atoms with van der Waals surface area (Å²) in [5.41, 5.74) is 3.39. The Morgan fingerprint density at radius 2 is 2.06 bits per heavy atom. The summed E-state index contributed by atoms with van der Waals surface area (Å²) in [5.74, 6) is 0.745. The Bertz CT molecular complexity index is 584. The third-order valence-corrected chi connectivity index (χ3v) is 3.76. The lowest BCUT2D eigenvalue weighted by molar-refractivity contribution is 0.628. The number of aliphatic imine (C=N–C) groups is 1. The van der Waals surface area contributed by atoms with Gasteiger partial charge >= 0.3 is 0 Å². The quantitative estimate of drug-likeness (QED) is 0.810. The number of hydrogen-bond donors (Lipinski definition) is 1. The van der Waals surface area contributed by atoms with Crippen molar-refractivity contribution < 1.29 is 4.39 Å². The number of thiophene rings is 1. The number of anilines is 1. The number of nitrogens with zero attached hydrogens (tertiary/aromatic N) is 1. The van der Waals surface area contributed by atoms with Crippen molar-refractivity contribution in [3.63, 3.8) is 0 Å². The topological polar surface area (TPSA) is 24.4 Å². The summed E-state index contributed by atoms with van der Waals surface area (Å²) in [6.45, 7) is 2.66. The molecule has 0 unspecified atom stereocenters. The molecule has 1 N–H and O–H groups in total. The molecule has 2 nitrogen and oxygen atoms in total. The monoisotopic (exact) mass is 246 g/mol. The highest BCUT2D eigenvalue weighted by molar-refractivity contribution is 7.15. The Morgan fingerprint density at radius 1 is 1.29 bits per heavy atom. The van der Waals surface area contributed by atoms with Gasteiger partial charge in [0, 0.05) is 10.9 Å². The maximum absolute atomic E-state index is 12.9. The second kappa shape index (κ2) is 3.96. The van der Waals surface area contributed by atoms with Crippen LogP contribution in [0.15, 0.2) is 34.6 Å². The first-order chi connectivity index (χ1) is 8.24. The molecule has 0 spiro atoms. The van der Waals surface area contributed by atoms with Crippen LogP contribution in [-0.4, -0.2) is 5.84 Å². The van der Waals surface area contributed by atoms with Crippen LogP contribution in [0.2, 0.25) is 0 Å².